The molecule has 0 saturated heterocycles. The van der Waals surface area contributed by atoms with Crippen molar-refractivity contribution in [3.8, 4) is 11.5 Å². The average Bonchev–Trinajstić information content (AvgIpc) is 2.87. The standard InChI is InChI=1S/C21H23N3O5.C4H4O4/c1-3-29-19-13-14(9-10-18(19)28-2)17-8-5-11-24(23-17)20(25)15-6-4-7-16(12-15)22-21(26)27;5-3(6)1-2-4(7)8/h4-7,9-13,17,22-23H,3,8H2,1-2H3,(H,26,27);1-2H,(H,5,6)(H,7,8)/p-3/b;2-1+. The lowest BCUT2D eigenvalue weighted by Crippen LogP contribution is -2.43. The third-order valence-corrected chi connectivity index (χ3v) is 4.74. The van der Waals surface area contributed by atoms with Gasteiger partial charge in [0.25, 0.3) is 5.91 Å². The van der Waals surface area contributed by atoms with Gasteiger partial charge >= 0.3 is 0 Å². The summed E-state index contributed by atoms with van der Waals surface area (Å²) >= 11 is 0. The van der Waals surface area contributed by atoms with E-state index in [9.17, 15) is 34.5 Å². The first-order chi connectivity index (χ1) is 17.6. The number of methoxy groups -OCH3 is 1. The number of hydrogen-bond donors (Lipinski definition) is 2. The molecule has 0 aromatic heterocycles. The molecule has 0 spiro atoms. The van der Waals surface area contributed by atoms with Gasteiger partial charge < -0.3 is 44.5 Å². The average molecular weight is 510 g/mol. The maximum Gasteiger partial charge on any atom is 0.272 e. The van der Waals surface area contributed by atoms with E-state index < -0.39 is 18.0 Å². The third kappa shape index (κ3) is 9.03. The topological polar surface area (TPSA) is 183 Å². The lowest BCUT2D eigenvalue weighted by atomic mass is 10.0. The molecule has 0 fully saturated rings. The van der Waals surface area contributed by atoms with Crippen molar-refractivity contribution in [3.63, 3.8) is 0 Å². The number of rotatable bonds is 8. The second-order valence-corrected chi connectivity index (χ2v) is 7.29. The van der Waals surface area contributed by atoms with E-state index in [4.69, 9.17) is 9.47 Å². The van der Waals surface area contributed by atoms with E-state index in [2.05, 4.69) is 10.7 Å². The van der Waals surface area contributed by atoms with Crippen molar-refractivity contribution in [2.24, 2.45) is 0 Å². The smallest absolute Gasteiger partial charge is 0.272 e. The number of hydrogen-bond acceptors (Lipinski definition) is 10. The number of anilines is 1. The molecule has 1 aliphatic rings. The second kappa shape index (κ2) is 13.9. The van der Waals surface area contributed by atoms with Crippen molar-refractivity contribution in [2.45, 2.75) is 19.4 Å². The first-order valence-corrected chi connectivity index (χ1v) is 10.9. The summed E-state index contributed by atoms with van der Waals surface area (Å²) in [5, 5.41) is 33.1. The third-order valence-electron chi connectivity index (χ3n) is 4.74. The van der Waals surface area contributed by atoms with Gasteiger partial charge in [-0.25, -0.2) is 10.4 Å². The Balaban J connectivity index is 0.000000521. The molecule has 2 aromatic carbocycles. The van der Waals surface area contributed by atoms with Crippen molar-refractivity contribution in [2.75, 3.05) is 19.0 Å². The van der Waals surface area contributed by atoms with Crippen LogP contribution in [0.5, 0.6) is 11.5 Å². The molecule has 1 atom stereocenters. The van der Waals surface area contributed by atoms with Crippen LogP contribution in [0.3, 0.4) is 0 Å². The number of benzene rings is 2. The zero-order valence-corrected chi connectivity index (χ0v) is 20.0. The normalized spacial score (nSPS) is 14.3. The highest BCUT2D eigenvalue weighted by atomic mass is 16.5. The van der Waals surface area contributed by atoms with Gasteiger partial charge in [0.2, 0.25) is 0 Å². The first-order valence-electron chi connectivity index (χ1n) is 10.9. The van der Waals surface area contributed by atoms with E-state index in [-0.39, 0.29) is 17.6 Å². The summed E-state index contributed by atoms with van der Waals surface area (Å²) in [6.45, 7) is 2.41. The van der Waals surface area contributed by atoms with Crippen LogP contribution in [0, 0.1) is 0 Å². The highest BCUT2D eigenvalue weighted by Gasteiger charge is 2.23. The van der Waals surface area contributed by atoms with Crippen LogP contribution in [0.2, 0.25) is 0 Å². The fourth-order valence-corrected chi connectivity index (χ4v) is 3.20. The van der Waals surface area contributed by atoms with Crippen LogP contribution in [0.4, 0.5) is 10.5 Å². The summed E-state index contributed by atoms with van der Waals surface area (Å²) in [5.41, 5.74) is 4.74. The summed E-state index contributed by atoms with van der Waals surface area (Å²) in [6.07, 6.45) is 3.58. The summed E-state index contributed by atoms with van der Waals surface area (Å²) in [7, 11) is 1.59. The van der Waals surface area contributed by atoms with Crippen LogP contribution in [-0.4, -0.2) is 42.7 Å². The van der Waals surface area contributed by atoms with Gasteiger partial charge in [-0.15, -0.1) is 0 Å². The molecule has 1 heterocycles. The Morgan fingerprint density at radius 2 is 1.76 bits per heavy atom. The number of ether oxygens (including phenoxy) is 2. The molecule has 1 aliphatic heterocycles. The maximum atomic E-state index is 12.9. The quantitative estimate of drug-likeness (QED) is 0.439. The van der Waals surface area contributed by atoms with E-state index in [0.29, 0.717) is 42.2 Å². The number of carbonyl (C=O) groups excluding carboxylic acids is 4. The highest BCUT2D eigenvalue weighted by Crippen LogP contribution is 2.32. The van der Waals surface area contributed by atoms with Crippen molar-refractivity contribution in [3.05, 3.63) is 78.0 Å². The van der Waals surface area contributed by atoms with Crippen LogP contribution in [0.1, 0.15) is 35.3 Å². The SMILES string of the molecule is CCOc1cc(C2CC=CN(C(=O)c3cccc(NC(=O)[O-])c3)N2)ccc1OC.O=C([O-])/C=C/C(=O)[O-]. The Labute approximate surface area is 212 Å². The van der Waals surface area contributed by atoms with Crippen LogP contribution in [-0.2, 0) is 9.59 Å². The Morgan fingerprint density at radius 3 is 2.35 bits per heavy atom. The molecule has 0 radical (unpaired) electrons. The molecule has 3 rings (SSSR count). The van der Waals surface area contributed by atoms with Crippen molar-refractivity contribution >= 4 is 29.6 Å². The predicted molar refractivity (Wildman–Crippen MR) is 125 cm³/mol. The molecule has 12 nitrogen and oxygen atoms in total. The molecule has 196 valence electrons. The van der Waals surface area contributed by atoms with E-state index in [0.717, 1.165) is 5.56 Å². The summed E-state index contributed by atoms with van der Waals surface area (Å²) in [4.78, 5) is 42.4. The lowest BCUT2D eigenvalue weighted by molar-refractivity contribution is -0.301. The summed E-state index contributed by atoms with van der Waals surface area (Å²) < 4.78 is 11.0. The molecule has 0 bridgehead atoms. The predicted octanol–water partition coefficient (Wildman–Crippen LogP) is -0.503. The molecular formula is C25H24N3O9-3. The maximum absolute atomic E-state index is 12.9. The minimum Gasteiger partial charge on any atom is -0.545 e. The minimum absolute atomic E-state index is 0.140. The fourth-order valence-electron chi connectivity index (χ4n) is 3.20. The zero-order valence-electron chi connectivity index (χ0n) is 20.0. The number of nitrogens with one attached hydrogen (secondary N) is 2. The van der Waals surface area contributed by atoms with E-state index in [1.807, 2.05) is 31.2 Å². The number of carboxylic acids is 2. The van der Waals surface area contributed by atoms with Gasteiger partial charge in [0.15, 0.2) is 11.5 Å². The van der Waals surface area contributed by atoms with Gasteiger partial charge in [0, 0.05) is 17.5 Å². The zero-order chi connectivity index (χ0) is 27.4. The van der Waals surface area contributed by atoms with Crippen molar-refractivity contribution < 1.29 is 44.0 Å². The molecule has 0 aliphatic carbocycles. The monoisotopic (exact) mass is 510 g/mol. The molecular weight excluding hydrogens is 486 g/mol. The number of carboxylic acid groups (broad SMARTS) is 3. The fraction of sp³-hybridized carbons (Fsp3) is 0.200. The lowest BCUT2D eigenvalue weighted by Gasteiger charge is -2.30. The van der Waals surface area contributed by atoms with Gasteiger partial charge in [-0.2, -0.15) is 0 Å². The van der Waals surface area contributed by atoms with E-state index in [1.165, 1.54) is 11.1 Å². The molecule has 2 aromatic rings. The van der Waals surface area contributed by atoms with Crippen LogP contribution in [0.25, 0.3) is 0 Å². The highest BCUT2D eigenvalue weighted by molar-refractivity contribution is 5.96. The number of amides is 2. The Kier molecular flexibility index (Phi) is 10.7. The Bertz CT molecular complexity index is 1180. The van der Waals surface area contributed by atoms with E-state index >= 15 is 0 Å². The van der Waals surface area contributed by atoms with Gasteiger partial charge in [0.05, 0.1) is 31.7 Å². The molecule has 2 amide bonds. The first kappa shape index (κ1) is 28.4. The Morgan fingerprint density at radius 1 is 1.05 bits per heavy atom. The van der Waals surface area contributed by atoms with Crippen molar-refractivity contribution in [1.82, 2.24) is 10.4 Å². The molecule has 1 unspecified atom stereocenters. The molecule has 2 N–H and O–H groups in total. The van der Waals surface area contributed by atoms with Gasteiger partial charge in [0.1, 0.15) is 6.09 Å². The number of hydrazine groups is 1. The van der Waals surface area contributed by atoms with Crippen LogP contribution >= 0.6 is 0 Å². The number of aliphatic carboxylic acids is 2. The molecule has 0 saturated carbocycles. The summed E-state index contributed by atoms with van der Waals surface area (Å²) in [5.74, 6) is -2.12. The second-order valence-electron chi connectivity index (χ2n) is 7.29. The van der Waals surface area contributed by atoms with Gasteiger partial charge in [-0.3, -0.25) is 4.79 Å². The van der Waals surface area contributed by atoms with Crippen LogP contribution in [0.15, 0.2) is 66.9 Å². The number of nitrogens with zero attached hydrogens (tertiary/aromatic N) is 1. The van der Waals surface area contributed by atoms with Crippen LogP contribution < -0.4 is 35.5 Å². The van der Waals surface area contributed by atoms with Gasteiger partial charge in [-0.05, 0) is 61.4 Å². The van der Waals surface area contributed by atoms with E-state index in [1.54, 1.807) is 31.5 Å². The molecule has 12 heteroatoms. The largest absolute Gasteiger partial charge is 0.545 e. The van der Waals surface area contributed by atoms with Crippen molar-refractivity contribution in [1.29, 1.82) is 0 Å². The number of carbonyl (C=O) groups is 4. The Hall–Kier alpha value is -4.84. The van der Waals surface area contributed by atoms with Gasteiger partial charge in [-0.1, -0.05) is 18.2 Å². The minimum atomic E-state index is -1.55. The summed E-state index contributed by atoms with van der Waals surface area (Å²) in [6, 6.07) is 11.7. The molecule has 37 heavy (non-hydrogen) atoms.